The van der Waals surface area contributed by atoms with Crippen LogP contribution in [0.1, 0.15) is 18.4 Å². The van der Waals surface area contributed by atoms with Gasteiger partial charge in [-0.15, -0.1) is 0 Å². The summed E-state index contributed by atoms with van der Waals surface area (Å²) in [6.07, 6.45) is 4.02. The lowest BCUT2D eigenvalue weighted by atomic mass is 10.3. The third-order valence-corrected chi connectivity index (χ3v) is 2.44. The smallest absolute Gasteiger partial charge is 0.288 e. The molecular weight excluding hydrogens is 234 g/mol. The van der Waals surface area contributed by atoms with Crippen molar-refractivity contribution in [2.45, 2.75) is 13.3 Å². The molecule has 7 heteroatoms. The van der Waals surface area contributed by atoms with Crippen molar-refractivity contribution in [3.63, 3.8) is 0 Å². The summed E-state index contributed by atoms with van der Waals surface area (Å²) in [6.45, 7) is 1.94. The van der Waals surface area contributed by atoms with Gasteiger partial charge >= 0.3 is 5.69 Å². The maximum Gasteiger partial charge on any atom is 0.305 e. The van der Waals surface area contributed by atoms with Crippen molar-refractivity contribution in [2.24, 2.45) is 0 Å². The average Bonchev–Trinajstić information content (AvgIpc) is 2.86. The molecule has 7 nitrogen and oxygen atoms in total. The highest BCUT2D eigenvalue weighted by atomic mass is 16.6. The summed E-state index contributed by atoms with van der Waals surface area (Å²) >= 11 is 0. The molecule has 18 heavy (non-hydrogen) atoms. The maximum absolute atomic E-state index is 10.7. The van der Waals surface area contributed by atoms with Gasteiger partial charge < -0.3 is 0 Å². The number of aromatic nitrogens is 3. The number of rotatable bonds is 3. The second-order valence-corrected chi connectivity index (χ2v) is 3.47. The van der Waals surface area contributed by atoms with Crippen molar-refractivity contribution >= 4 is 5.69 Å². The highest BCUT2D eigenvalue weighted by molar-refractivity contribution is 5.47. The molecule has 0 fully saturated rings. The van der Waals surface area contributed by atoms with Gasteiger partial charge in [-0.05, 0) is 6.07 Å². The quantitative estimate of drug-likeness (QED) is 0.602. The van der Waals surface area contributed by atoms with Gasteiger partial charge in [-0.1, -0.05) is 6.92 Å². The standard InChI is InChI=1S/C11H9N5O2/c1-2-10-13-5-6-15(10)11-4-3-9(16(17)18)8(7-12)14-11/h3-6H,2H2,1H3. The van der Waals surface area contributed by atoms with Gasteiger partial charge in [0.05, 0.1) is 4.92 Å². The molecular formula is C11H9N5O2. The number of hydrogen-bond acceptors (Lipinski definition) is 5. The van der Waals surface area contributed by atoms with Crippen LogP contribution in [-0.2, 0) is 6.42 Å². The van der Waals surface area contributed by atoms with Crippen LogP contribution in [0.4, 0.5) is 5.69 Å². The van der Waals surface area contributed by atoms with Gasteiger partial charge in [0.1, 0.15) is 17.7 Å². The van der Waals surface area contributed by atoms with Gasteiger partial charge in [-0.2, -0.15) is 5.26 Å². The largest absolute Gasteiger partial charge is 0.305 e. The first-order valence-corrected chi connectivity index (χ1v) is 5.25. The monoisotopic (exact) mass is 243 g/mol. The van der Waals surface area contributed by atoms with E-state index in [2.05, 4.69) is 9.97 Å². The Morgan fingerprint density at radius 3 is 2.94 bits per heavy atom. The number of hydrogen-bond donors (Lipinski definition) is 0. The summed E-state index contributed by atoms with van der Waals surface area (Å²) in [6, 6.07) is 4.51. The molecule has 0 N–H and O–H groups in total. The number of imidazole rings is 1. The molecule has 2 aromatic heterocycles. The van der Waals surface area contributed by atoms with Crippen molar-refractivity contribution in [1.82, 2.24) is 14.5 Å². The van der Waals surface area contributed by atoms with Crippen LogP contribution in [0.5, 0.6) is 0 Å². The van der Waals surface area contributed by atoms with E-state index >= 15 is 0 Å². The first-order valence-electron chi connectivity index (χ1n) is 5.25. The van der Waals surface area contributed by atoms with Crippen LogP contribution in [0.25, 0.3) is 5.82 Å². The van der Waals surface area contributed by atoms with Gasteiger partial charge in [-0.3, -0.25) is 14.7 Å². The summed E-state index contributed by atoms with van der Waals surface area (Å²) in [4.78, 5) is 18.2. The van der Waals surface area contributed by atoms with Gasteiger partial charge in [0.25, 0.3) is 0 Å². The fourth-order valence-corrected chi connectivity index (χ4v) is 1.61. The molecule has 0 aliphatic carbocycles. The summed E-state index contributed by atoms with van der Waals surface area (Å²) in [5, 5.41) is 19.6. The Hall–Kier alpha value is -2.75. The van der Waals surface area contributed by atoms with Crippen LogP contribution < -0.4 is 0 Å². The van der Waals surface area contributed by atoms with Crippen LogP contribution in [0, 0.1) is 21.4 Å². The number of nitriles is 1. The minimum absolute atomic E-state index is 0.201. The third-order valence-electron chi connectivity index (χ3n) is 2.44. The minimum Gasteiger partial charge on any atom is -0.288 e. The Morgan fingerprint density at radius 1 is 1.56 bits per heavy atom. The van der Waals surface area contributed by atoms with Gasteiger partial charge in [0.2, 0.25) is 5.69 Å². The normalized spacial score (nSPS) is 10.0. The first-order chi connectivity index (χ1) is 8.67. The molecule has 2 rings (SSSR count). The zero-order valence-electron chi connectivity index (χ0n) is 9.57. The summed E-state index contributed by atoms with van der Waals surface area (Å²) in [5.74, 6) is 1.23. The van der Waals surface area contributed by atoms with E-state index in [-0.39, 0.29) is 11.4 Å². The van der Waals surface area contributed by atoms with E-state index in [9.17, 15) is 10.1 Å². The fraction of sp³-hybridized carbons (Fsp3) is 0.182. The molecule has 90 valence electrons. The molecule has 0 amide bonds. The van der Waals surface area contributed by atoms with Crippen molar-refractivity contribution < 1.29 is 4.92 Å². The molecule has 0 saturated carbocycles. The predicted molar refractivity (Wildman–Crippen MR) is 62.1 cm³/mol. The lowest BCUT2D eigenvalue weighted by molar-refractivity contribution is -0.385. The van der Waals surface area contributed by atoms with Crippen LogP contribution in [0.15, 0.2) is 24.5 Å². The molecule has 0 saturated heterocycles. The van der Waals surface area contributed by atoms with Crippen LogP contribution in [0.3, 0.4) is 0 Å². The average molecular weight is 243 g/mol. The first kappa shape index (κ1) is 11.7. The van der Waals surface area contributed by atoms with Gasteiger partial charge in [0, 0.05) is 24.9 Å². The molecule has 0 aliphatic heterocycles. The van der Waals surface area contributed by atoms with Crippen molar-refractivity contribution in [1.29, 1.82) is 5.26 Å². The molecule has 0 unspecified atom stereocenters. The highest BCUT2D eigenvalue weighted by Crippen LogP contribution is 2.18. The molecule has 0 spiro atoms. The van der Waals surface area contributed by atoms with Crippen molar-refractivity contribution in [2.75, 3.05) is 0 Å². The van der Waals surface area contributed by atoms with Gasteiger partial charge in [0.15, 0.2) is 0 Å². The Morgan fingerprint density at radius 2 is 2.33 bits per heavy atom. The Bertz CT molecular complexity index is 641. The second kappa shape index (κ2) is 4.63. The van der Waals surface area contributed by atoms with E-state index in [1.165, 1.54) is 12.1 Å². The van der Waals surface area contributed by atoms with E-state index in [0.717, 1.165) is 5.82 Å². The highest BCUT2D eigenvalue weighted by Gasteiger charge is 2.16. The fourth-order valence-electron chi connectivity index (χ4n) is 1.61. The maximum atomic E-state index is 10.7. The lowest BCUT2D eigenvalue weighted by Gasteiger charge is -2.05. The Kier molecular flexibility index (Phi) is 3.02. The molecule has 0 atom stereocenters. The number of aryl methyl sites for hydroxylation is 1. The SMILES string of the molecule is CCc1nccn1-c1ccc([N+](=O)[O-])c(C#N)n1. The number of pyridine rings is 1. The van der Waals surface area contributed by atoms with E-state index in [1.807, 2.05) is 6.92 Å². The zero-order chi connectivity index (χ0) is 13.1. The Labute approximate surface area is 102 Å². The van der Waals surface area contributed by atoms with E-state index in [1.54, 1.807) is 23.0 Å². The summed E-state index contributed by atoms with van der Waals surface area (Å²) < 4.78 is 1.70. The zero-order valence-corrected chi connectivity index (χ0v) is 9.57. The van der Waals surface area contributed by atoms with Crippen LogP contribution >= 0.6 is 0 Å². The minimum atomic E-state index is -0.621. The third kappa shape index (κ3) is 1.91. The van der Waals surface area contributed by atoms with Gasteiger partial charge in [-0.25, -0.2) is 9.97 Å². The molecule has 0 bridgehead atoms. The predicted octanol–water partition coefficient (Wildman–Crippen LogP) is 1.61. The van der Waals surface area contributed by atoms with Crippen LogP contribution in [0.2, 0.25) is 0 Å². The van der Waals surface area contributed by atoms with E-state index in [0.29, 0.717) is 12.2 Å². The molecule has 0 radical (unpaired) electrons. The lowest BCUT2D eigenvalue weighted by Crippen LogP contribution is -2.04. The Balaban J connectivity index is 2.55. The topological polar surface area (TPSA) is 97.6 Å². The van der Waals surface area contributed by atoms with E-state index < -0.39 is 4.92 Å². The molecule has 0 aliphatic rings. The number of nitrogens with zero attached hydrogens (tertiary/aromatic N) is 5. The molecule has 2 aromatic rings. The summed E-state index contributed by atoms with van der Waals surface area (Å²) in [5.41, 5.74) is -0.493. The molecule has 2 heterocycles. The van der Waals surface area contributed by atoms with E-state index in [4.69, 9.17) is 5.26 Å². The van der Waals surface area contributed by atoms with Crippen molar-refractivity contribution in [3.05, 3.63) is 46.2 Å². The van der Waals surface area contributed by atoms with Crippen LogP contribution in [-0.4, -0.2) is 19.5 Å². The van der Waals surface area contributed by atoms with Crippen molar-refractivity contribution in [3.8, 4) is 11.9 Å². The molecule has 0 aromatic carbocycles. The number of nitro groups is 1. The second-order valence-electron chi connectivity index (χ2n) is 3.47. The summed E-state index contributed by atoms with van der Waals surface area (Å²) in [7, 11) is 0.